The average Bonchev–Trinajstić information content (AvgIpc) is 0.752. The summed E-state index contributed by atoms with van der Waals surface area (Å²) in [7, 11) is 0. The minimum absolute atomic E-state index is 0.219. The molecule has 8 aromatic rings. The van der Waals surface area contributed by atoms with Gasteiger partial charge in [0.1, 0.15) is 53.5 Å². The Morgan fingerprint density at radius 3 is 0.735 bits per heavy atom. The number of hydrogen-bond acceptors (Lipinski definition) is 9. The van der Waals surface area contributed by atoms with Crippen molar-refractivity contribution in [1.82, 2.24) is 0 Å². The maximum Gasteiger partial charge on any atom is 0.126 e. The molecule has 0 N–H and O–H groups in total. The molecule has 0 unspecified atom stereocenters. The summed E-state index contributed by atoms with van der Waals surface area (Å²) in [5.41, 5.74) is 24.6. The molecule has 0 saturated carbocycles. The highest BCUT2D eigenvalue weighted by Gasteiger charge is 2.32. The Kier molecular flexibility index (Phi) is 22.8. The predicted octanol–water partition coefficient (Wildman–Crippen LogP) is 24.2. The lowest BCUT2D eigenvalue weighted by Crippen LogP contribution is -2.18. The van der Waals surface area contributed by atoms with E-state index in [2.05, 4.69) is 276 Å². The number of nitrogens with zero attached hydrogens (tertiary/aromatic N) is 2. The van der Waals surface area contributed by atoms with Gasteiger partial charge in [-0.25, -0.2) is 0 Å². The van der Waals surface area contributed by atoms with Gasteiger partial charge in [0, 0.05) is 38.5 Å². The first-order chi connectivity index (χ1) is 47.9. The Morgan fingerprint density at radius 1 is 0.284 bits per heavy atom. The van der Waals surface area contributed by atoms with Gasteiger partial charge in [0.15, 0.2) is 0 Å². The van der Waals surface area contributed by atoms with Gasteiger partial charge in [0.05, 0.1) is 44.4 Å². The summed E-state index contributed by atoms with van der Waals surface area (Å²) < 4.78 is 50.4. The average molecular weight is 1380 g/mol. The van der Waals surface area contributed by atoms with Crippen molar-refractivity contribution in [2.75, 3.05) is 33.0 Å². The molecule has 0 aliphatic carbocycles. The molecule has 9 nitrogen and oxygen atoms in total. The number of aryl methyl sites for hydroxylation is 2. The van der Waals surface area contributed by atoms with Crippen LogP contribution in [0, 0.1) is 13.8 Å². The summed E-state index contributed by atoms with van der Waals surface area (Å²) >= 11 is 0. The van der Waals surface area contributed by atoms with E-state index in [0.717, 1.165) is 141 Å². The maximum absolute atomic E-state index is 7.76. The minimum atomic E-state index is -0.252. The number of ether oxygens (including phenoxy) is 7. The first-order valence-corrected chi connectivity index (χ1v) is 37.9. The Bertz CT molecular complexity index is 3950. The van der Waals surface area contributed by atoms with E-state index in [-0.39, 0.29) is 45.7 Å². The zero-order valence-electron chi connectivity index (χ0n) is 67.0. The van der Waals surface area contributed by atoms with Gasteiger partial charge in [-0.2, -0.15) is 10.2 Å². The summed E-state index contributed by atoms with van der Waals surface area (Å²) in [4.78, 5) is 0. The molecule has 0 saturated heterocycles. The summed E-state index contributed by atoms with van der Waals surface area (Å²) in [6, 6.07) is 39.6. The largest absolute Gasteiger partial charge is 0.493 e. The Labute approximate surface area is 613 Å². The van der Waals surface area contributed by atoms with Crippen LogP contribution in [0.3, 0.4) is 0 Å². The van der Waals surface area contributed by atoms with Gasteiger partial charge in [0.25, 0.3) is 0 Å². The van der Waals surface area contributed by atoms with Gasteiger partial charge >= 0.3 is 0 Å². The van der Waals surface area contributed by atoms with E-state index in [1.165, 1.54) is 33.4 Å². The standard InChI is InChI=1S/C93H120N2O7/c1-26-31-100-81-57(6)32-79(33-58(81)7)94-95-80-35-59-34-60(36-80)56-102-87-71-40-66-48-74(89(11,12)13)44-62(83(66)97-28-3)37-61-43-73(88(8,9)10)47-65(82(61)96-27-2)39-69-51-77(92(20,21)22)52-70(86(69)101-55-59)41-67-49-75(90(14,15)16)45-63(84(67)98-29-4)38-64-46-76(91(17,18)19)50-68(85(64)99-30-5)42-72(87)54-78(53-71)93(23,24)25/h32-36,43-54H,26-31,37-42,55-56H2,1-25H3. The molecule has 10 rings (SSSR count). The Hall–Kier alpha value is -8.04. The number of benzene rings is 8. The van der Waals surface area contributed by atoms with Crippen molar-refractivity contribution in [2.45, 2.75) is 264 Å². The van der Waals surface area contributed by atoms with Gasteiger partial charge in [-0.15, -0.1) is 0 Å². The summed E-state index contributed by atoms with van der Waals surface area (Å²) in [6.07, 6.45) is 4.22. The maximum atomic E-state index is 7.76. The fourth-order valence-electron chi connectivity index (χ4n) is 14.4. The molecule has 0 radical (unpaired) electrons. The van der Waals surface area contributed by atoms with Crippen molar-refractivity contribution in [1.29, 1.82) is 0 Å². The number of azo groups is 1. The van der Waals surface area contributed by atoms with Gasteiger partial charge < -0.3 is 33.2 Å². The van der Waals surface area contributed by atoms with E-state index in [0.29, 0.717) is 77.2 Å². The number of fused-ring (bicyclic) bond motifs is 10. The summed E-state index contributed by atoms with van der Waals surface area (Å²) in [6.45, 7) is 59.7. The van der Waals surface area contributed by atoms with E-state index in [1.807, 2.05) is 0 Å². The lowest BCUT2D eigenvalue weighted by atomic mass is 9.79. The lowest BCUT2D eigenvalue weighted by Gasteiger charge is -2.29. The second-order valence-corrected chi connectivity index (χ2v) is 35.1. The van der Waals surface area contributed by atoms with Crippen LogP contribution < -0.4 is 33.2 Å². The smallest absolute Gasteiger partial charge is 0.126 e. The molecule has 2 heterocycles. The molecular weight excluding hydrogens is 1260 g/mol. The topological polar surface area (TPSA) is 89.3 Å². The van der Waals surface area contributed by atoms with Crippen molar-refractivity contribution >= 4 is 11.4 Å². The lowest BCUT2D eigenvalue weighted by molar-refractivity contribution is 0.293. The van der Waals surface area contributed by atoms with Crippen molar-refractivity contribution in [3.05, 3.63) is 226 Å². The summed E-state index contributed by atoms with van der Waals surface area (Å²) in [5, 5.41) is 10.1. The monoisotopic (exact) mass is 1380 g/mol. The van der Waals surface area contributed by atoms with Crippen LogP contribution in [0.5, 0.6) is 40.2 Å². The van der Waals surface area contributed by atoms with Gasteiger partial charge in [-0.05, 0) is 233 Å². The highest BCUT2D eigenvalue weighted by atomic mass is 16.5. The first-order valence-electron chi connectivity index (χ1n) is 37.9. The van der Waals surface area contributed by atoms with Crippen LogP contribution in [0.25, 0.3) is 0 Å². The van der Waals surface area contributed by atoms with Crippen LogP contribution >= 0.6 is 0 Å². The Morgan fingerprint density at radius 2 is 0.510 bits per heavy atom. The number of rotatable bonds is 13. The highest BCUT2D eigenvalue weighted by molar-refractivity contribution is 5.63. The zero-order chi connectivity index (χ0) is 74.2. The molecule has 0 spiro atoms. The molecule has 0 amide bonds. The molecule has 12 bridgehead atoms. The zero-order valence-corrected chi connectivity index (χ0v) is 67.0. The molecule has 2 aliphatic heterocycles. The van der Waals surface area contributed by atoms with E-state index in [4.69, 9.17) is 43.4 Å². The fourth-order valence-corrected chi connectivity index (χ4v) is 14.4. The van der Waals surface area contributed by atoms with E-state index in [1.54, 1.807) is 0 Å². The molecular formula is C93H120N2O7. The number of hydrogen-bond donors (Lipinski definition) is 0. The molecule has 544 valence electrons. The van der Waals surface area contributed by atoms with Gasteiger partial charge in [-0.1, -0.05) is 204 Å². The highest BCUT2D eigenvalue weighted by Crippen LogP contribution is 2.47. The van der Waals surface area contributed by atoms with Crippen molar-refractivity contribution in [3.63, 3.8) is 0 Å². The van der Waals surface area contributed by atoms with Crippen LogP contribution in [0.15, 0.2) is 113 Å². The molecule has 9 heteroatoms. The third-order valence-corrected chi connectivity index (χ3v) is 20.1. The third kappa shape index (κ3) is 17.8. The SMILES string of the molecule is CCCOc1c(C)cc(N=Nc2cc3cc(c2)COc2c4cc(C(C)(C)C)cc2Cc2cc(C(C)(C)C)cc(c2OCC)Cc2cc(C(C)(C)C)cc(c2OCC)Cc2cc(C(C)(C)C)cc(c2OC3)Cc2cc(C(C)(C)C)cc(c2OCC)Cc2cc(C(C)(C)C)cc(c2OCC)C4)cc1C. The van der Waals surface area contributed by atoms with Crippen molar-refractivity contribution < 1.29 is 33.2 Å². The second kappa shape index (κ2) is 30.3. The van der Waals surface area contributed by atoms with E-state index < -0.39 is 0 Å². The minimum Gasteiger partial charge on any atom is -0.493 e. The predicted molar refractivity (Wildman–Crippen MR) is 423 cm³/mol. The fraction of sp³-hybridized carbons (Fsp3) is 0.484. The quantitative estimate of drug-likeness (QED) is 0.106. The van der Waals surface area contributed by atoms with Gasteiger partial charge in [-0.3, -0.25) is 0 Å². The molecule has 102 heavy (non-hydrogen) atoms. The van der Waals surface area contributed by atoms with Crippen LogP contribution in [0.1, 0.15) is 288 Å². The van der Waals surface area contributed by atoms with Crippen LogP contribution in [0.4, 0.5) is 11.4 Å². The molecule has 0 fully saturated rings. The molecule has 0 aromatic heterocycles. The third-order valence-electron chi connectivity index (χ3n) is 20.1. The van der Waals surface area contributed by atoms with Crippen LogP contribution in [0.2, 0.25) is 0 Å². The normalized spacial score (nSPS) is 14.0. The molecule has 2 aliphatic rings. The van der Waals surface area contributed by atoms with Crippen molar-refractivity contribution in [3.8, 4) is 40.2 Å². The van der Waals surface area contributed by atoms with E-state index >= 15 is 0 Å². The first kappa shape index (κ1) is 76.6. The van der Waals surface area contributed by atoms with Crippen LogP contribution in [-0.4, -0.2) is 33.0 Å². The molecule has 0 atom stereocenters. The molecule has 8 aromatic carbocycles. The van der Waals surface area contributed by atoms with Crippen molar-refractivity contribution in [2.24, 2.45) is 10.2 Å². The van der Waals surface area contributed by atoms with Crippen LogP contribution in [-0.2, 0) is 84.2 Å². The Balaban J connectivity index is 1.41. The van der Waals surface area contributed by atoms with E-state index in [9.17, 15) is 0 Å². The summed E-state index contributed by atoms with van der Waals surface area (Å²) in [5.74, 6) is 6.15. The second-order valence-electron chi connectivity index (χ2n) is 35.1. The van der Waals surface area contributed by atoms with Gasteiger partial charge in [0.2, 0.25) is 0 Å².